The first kappa shape index (κ1) is 15.8. The van der Waals surface area contributed by atoms with Crippen LogP contribution < -0.4 is 9.64 Å². The fraction of sp³-hybridized carbons (Fsp3) is 0.211. The molecule has 0 unspecified atom stereocenters. The topological polar surface area (TPSA) is 29.5 Å². The first-order valence-electron chi connectivity index (χ1n) is 7.44. The molecule has 0 fully saturated rings. The minimum atomic E-state index is -0.0579. The van der Waals surface area contributed by atoms with E-state index in [4.69, 9.17) is 4.74 Å². The van der Waals surface area contributed by atoms with Crippen molar-refractivity contribution < 1.29 is 9.53 Å². The molecule has 0 aliphatic heterocycles. The maximum Gasteiger partial charge on any atom is 0.250 e. The molecule has 0 spiro atoms. The van der Waals surface area contributed by atoms with Gasteiger partial charge in [0.05, 0.1) is 6.61 Å². The Balaban J connectivity index is 1.97. The number of hydrogen-bond acceptors (Lipinski definition) is 2. The molecule has 3 nitrogen and oxygen atoms in total. The third kappa shape index (κ3) is 4.48. The predicted molar refractivity (Wildman–Crippen MR) is 91.1 cm³/mol. The second-order valence-corrected chi connectivity index (χ2v) is 4.98. The molecule has 2 aromatic carbocycles. The molecule has 0 N–H and O–H groups in total. The van der Waals surface area contributed by atoms with Gasteiger partial charge in [-0.15, -0.1) is 0 Å². The van der Waals surface area contributed by atoms with Crippen LogP contribution in [0.1, 0.15) is 18.9 Å². The van der Waals surface area contributed by atoms with Crippen LogP contribution in [0.5, 0.6) is 5.75 Å². The number of amides is 1. The summed E-state index contributed by atoms with van der Waals surface area (Å²) in [6.45, 7) is 2.79. The van der Waals surface area contributed by atoms with E-state index in [1.54, 1.807) is 18.0 Å². The van der Waals surface area contributed by atoms with E-state index in [1.807, 2.05) is 60.7 Å². The molecule has 0 aromatic heterocycles. The minimum Gasteiger partial charge on any atom is -0.494 e. The van der Waals surface area contributed by atoms with E-state index in [-0.39, 0.29) is 5.91 Å². The zero-order valence-electron chi connectivity index (χ0n) is 13.0. The highest BCUT2D eigenvalue weighted by atomic mass is 16.5. The summed E-state index contributed by atoms with van der Waals surface area (Å²) in [4.78, 5) is 13.8. The highest BCUT2D eigenvalue weighted by Crippen LogP contribution is 2.15. The third-order valence-electron chi connectivity index (χ3n) is 3.25. The van der Waals surface area contributed by atoms with E-state index in [0.29, 0.717) is 0 Å². The van der Waals surface area contributed by atoms with Crippen molar-refractivity contribution in [3.63, 3.8) is 0 Å². The van der Waals surface area contributed by atoms with Crippen molar-refractivity contribution in [3.8, 4) is 5.75 Å². The summed E-state index contributed by atoms with van der Waals surface area (Å²) in [5.74, 6) is 0.796. The van der Waals surface area contributed by atoms with Crippen LogP contribution in [0.4, 0.5) is 5.69 Å². The second kappa shape index (κ2) is 8.03. The smallest absolute Gasteiger partial charge is 0.250 e. The third-order valence-corrected chi connectivity index (χ3v) is 3.25. The van der Waals surface area contributed by atoms with Crippen LogP contribution in [0.15, 0.2) is 60.7 Å². The van der Waals surface area contributed by atoms with Gasteiger partial charge in [0, 0.05) is 18.8 Å². The molecule has 1 amide bonds. The summed E-state index contributed by atoms with van der Waals surface area (Å²) < 4.78 is 5.53. The van der Waals surface area contributed by atoms with Crippen LogP contribution in [0.25, 0.3) is 6.08 Å². The van der Waals surface area contributed by atoms with Gasteiger partial charge in [0.1, 0.15) is 5.75 Å². The molecule has 2 aromatic rings. The zero-order chi connectivity index (χ0) is 15.8. The fourth-order valence-corrected chi connectivity index (χ4v) is 1.95. The van der Waals surface area contributed by atoms with Crippen molar-refractivity contribution in [3.05, 3.63) is 66.2 Å². The molecule has 22 heavy (non-hydrogen) atoms. The summed E-state index contributed by atoms with van der Waals surface area (Å²) in [6.07, 6.45) is 4.38. The lowest BCUT2D eigenvalue weighted by Crippen LogP contribution is -2.23. The molecule has 0 bridgehead atoms. The molecular formula is C19H21NO2. The second-order valence-electron chi connectivity index (χ2n) is 4.98. The van der Waals surface area contributed by atoms with Crippen LogP contribution >= 0.6 is 0 Å². The van der Waals surface area contributed by atoms with Gasteiger partial charge in [0.25, 0.3) is 5.91 Å². The maximum atomic E-state index is 12.1. The van der Waals surface area contributed by atoms with Gasteiger partial charge in [-0.05, 0) is 42.3 Å². The van der Waals surface area contributed by atoms with Crippen molar-refractivity contribution in [1.82, 2.24) is 0 Å². The van der Waals surface area contributed by atoms with Gasteiger partial charge >= 0.3 is 0 Å². The lowest BCUT2D eigenvalue weighted by atomic mass is 10.2. The van der Waals surface area contributed by atoms with Gasteiger partial charge in [-0.1, -0.05) is 37.3 Å². The molecule has 0 saturated heterocycles. The molecule has 0 radical (unpaired) electrons. The number of ether oxygens (including phenoxy) is 1. The maximum absolute atomic E-state index is 12.1. The molecular weight excluding hydrogens is 274 g/mol. The Hall–Kier alpha value is -2.55. The Morgan fingerprint density at radius 3 is 2.41 bits per heavy atom. The molecule has 0 atom stereocenters. The summed E-state index contributed by atoms with van der Waals surface area (Å²) in [6, 6.07) is 17.3. The highest BCUT2D eigenvalue weighted by molar-refractivity contribution is 6.03. The van der Waals surface area contributed by atoms with Crippen LogP contribution in [0.3, 0.4) is 0 Å². The fourth-order valence-electron chi connectivity index (χ4n) is 1.95. The Morgan fingerprint density at radius 2 is 1.77 bits per heavy atom. The molecule has 3 heteroatoms. The number of benzene rings is 2. The zero-order valence-corrected chi connectivity index (χ0v) is 13.0. The van der Waals surface area contributed by atoms with Gasteiger partial charge in [0.15, 0.2) is 0 Å². The van der Waals surface area contributed by atoms with E-state index >= 15 is 0 Å². The number of para-hydroxylation sites is 1. The van der Waals surface area contributed by atoms with E-state index in [1.165, 1.54) is 0 Å². The van der Waals surface area contributed by atoms with Crippen LogP contribution in [-0.2, 0) is 4.79 Å². The van der Waals surface area contributed by atoms with Gasteiger partial charge in [-0.25, -0.2) is 0 Å². The molecule has 0 aliphatic carbocycles. The highest BCUT2D eigenvalue weighted by Gasteiger charge is 2.06. The van der Waals surface area contributed by atoms with Crippen molar-refractivity contribution in [2.45, 2.75) is 13.3 Å². The summed E-state index contributed by atoms with van der Waals surface area (Å²) in [5, 5.41) is 0. The standard InChI is InChI=1S/C19H21NO2/c1-3-15-22-18-12-9-16(10-13-18)11-14-19(21)20(2)17-7-5-4-6-8-17/h4-14H,3,15H2,1-2H3/b14-11+. The summed E-state index contributed by atoms with van der Waals surface area (Å²) in [5.41, 5.74) is 1.85. The number of likely N-dealkylation sites (N-methyl/N-ethyl adjacent to an activating group) is 1. The van der Waals surface area contributed by atoms with Gasteiger partial charge in [-0.3, -0.25) is 4.79 Å². The number of carbonyl (C=O) groups is 1. The average Bonchev–Trinajstić information content (AvgIpc) is 2.58. The number of rotatable bonds is 6. The first-order valence-corrected chi connectivity index (χ1v) is 7.44. The Bertz CT molecular complexity index is 618. The van der Waals surface area contributed by atoms with Crippen molar-refractivity contribution in [2.75, 3.05) is 18.6 Å². The summed E-state index contributed by atoms with van der Waals surface area (Å²) in [7, 11) is 1.77. The van der Waals surface area contributed by atoms with Gasteiger partial charge in [0.2, 0.25) is 0 Å². The Kier molecular flexibility index (Phi) is 5.78. The van der Waals surface area contributed by atoms with Crippen LogP contribution in [0, 0.1) is 0 Å². The molecule has 0 heterocycles. The average molecular weight is 295 g/mol. The lowest BCUT2D eigenvalue weighted by molar-refractivity contribution is -0.113. The number of nitrogens with zero attached hydrogens (tertiary/aromatic N) is 1. The SMILES string of the molecule is CCCOc1ccc(/C=C/C(=O)N(C)c2ccccc2)cc1. The number of carbonyl (C=O) groups excluding carboxylic acids is 1. The van der Waals surface area contributed by atoms with Crippen molar-refractivity contribution >= 4 is 17.7 Å². The van der Waals surface area contributed by atoms with Crippen LogP contribution in [-0.4, -0.2) is 19.6 Å². The van der Waals surface area contributed by atoms with E-state index in [9.17, 15) is 4.79 Å². The largest absolute Gasteiger partial charge is 0.494 e. The normalized spacial score (nSPS) is 10.6. The van der Waals surface area contributed by atoms with Crippen molar-refractivity contribution in [1.29, 1.82) is 0 Å². The monoisotopic (exact) mass is 295 g/mol. The quantitative estimate of drug-likeness (QED) is 0.749. The van der Waals surface area contributed by atoms with Crippen LogP contribution in [0.2, 0.25) is 0 Å². The minimum absolute atomic E-state index is 0.0579. The van der Waals surface area contributed by atoms with E-state index in [0.717, 1.165) is 30.0 Å². The van der Waals surface area contributed by atoms with Gasteiger partial charge in [-0.2, -0.15) is 0 Å². The number of hydrogen-bond donors (Lipinski definition) is 0. The summed E-state index contributed by atoms with van der Waals surface area (Å²) >= 11 is 0. The Morgan fingerprint density at radius 1 is 1.09 bits per heavy atom. The molecule has 114 valence electrons. The van der Waals surface area contributed by atoms with Crippen molar-refractivity contribution in [2.24, 2.45) is 0 Å². The molecule has 0 saturated carbocycles. The number of anilines is 1. The van der Waals surface area contributed by atoms with Gasteiger partial charge < -0.3 is 9.64 Å². The lowest BCUT2D eigenvalue weighted by Gasteiger charge is -2.14. The first-order chi connectivity index (χ1) is 10.7. The Labute approximate surface area is 131 Å². The molecule has 0 aliphatic rings. The van der Waals surface area contributed by atoms with E-state index in [2.05, 4.69) is 6.92 Å². The predicted octanol–water partition coefficient (Wildman–Crippen LogP) is 4.15. The van der Waals surface area contributed by atoms with E-state index < -0.39 is 0 Å². The molecule has 2 rings (SSSR count).